The molecule has 160 valence electrons. The van der Waals surface area contributed by atoms with E-state index in [1.807, 2.05) is 43.3 Å². The first-order valence-electron chi connectivity index (χ1n) is 9.84. The molecule has 0 fully saturated rings. The van der Waals surface area contributed by atoms with E-state index in [4.69, 9.17) is 4.74 Å². The van der Waals surface area contributed by atoms with Crippen LogP contribution >= 0.6 is 0 Å². The number of rotatable bonds is 7. The molecule has 2 aromatic rings. The second-order valence-electron chi connectivity index (χ2n) is 7.88. The predicted octanol–water partition coefficient (Wildman–Crippen LogP) is 3.78. The summed E-state index contributed by atoms with van der Waals surface area (Å²) in [5.74, 6) is -0.417. The topological polar surface area (TPSA) is 96.5 Å². The van der Waals surface area contributed by atoms with Crippen molar-refractivity contribution in [1.82, 2.24) is 10.6 Å². The molecule has 7 heteroatoms. The third kappa shape index (κ3) is 7.58. The molecule has 0 heterocycles. The smallest absolute Gasteiger partial charge is 0.407 e. The van der Waals surface area contributed by atoms with Crippen molar-refractivity contribution in [3.05, 3.63) is 65.2 Å². The number of carbonyl (C=O) groups is 3. The van der Waals surface area contributed by atoms with E-state index >= 15 is 0 Å². The zero-order chi connectivity index (χ0) is 22.1. The third-order valence-electron chi connectivity index (χ3n) is 4.15. The maximum atomic E-state index is 12.6. The molecule has 0 unspecified atom stereocenters. The first-order chi connectivity index (χ1) is 14.2. The number of para-hydroxylation sites is 1. The number of alkyl carbamates (subject to hydrolysis) is 1. The van der Waals surface area contributed by atoms with Gasteiger partial charge in [-0.25, -0.2) is 4.79 Å². The van der Waals surface area contributed by atoms with Crippen LogP contribution in [0, 0.1) is 6.92 Å². The molecule has 0 aliphatic heterocycles. The lowest BCUT2D eigenvalue weighted by Crippen LogP contribution is -2.35. The van der Waals surface area contributed by atoms with Gasteiger partial charge in [-0.2, -0.15) is 0 Å². The first-order valence-corrected chi connectivity index (χ1v) is 9.84. The van der Waals surface area contributed by atoms with Crippen molar-refractivity contribution in [2.24, 2.45) is 0 Å². The number of anilines is 1. The molecule has 0 spiro atoms. The van der Waals surface area contributed by atoms with E-state index < -0.39 is 11.7 Å². The molecule has 0 aliphatic carbocycles. The maximum absolute atomic E-state index is 12.6. The Labute approximate surface area is 177 Å². The monoisotopic (exact) mass is 411 g/mol. The van der Waals surface area contributed by atoms with Crippen molar-refractivity contribution in [2.45, 2.75) is 46.3 Å². The molecule has 30 heavy (non-hydrogen) atoms. The van der Waals surface area contributed by atoms with Gasteiger partial charge in [0.15, 0.2) is 0 Å². The molecule has 0 radical (unpaired) electrons. The quantitative estimate of drug-likeness (QED) is 0.646. The van der Waals surface area contributed by atoms with E-state index in [1.54, 1.807) is 32.9 Å². The van der Waals surface area contributed by atoms with Crippen molar-refractivity contribution in [1.29, 1.82) is 0 Å². The lowest BCUT2D eigenvalue weighted by Gasteiger charge is -2.19. The third-order valence-corrected chi connectivity index (χ3v) is 4.15. The molecule has 0 atom stereocenters. The zero-order valence-corrected chi connectivity index (χ0v) is 17.9. The summed E-state index contributed by atoms with van der Waals surface area (Å²) in [7, 11) is 0. The summed E-state index contributed by atoms with van der Waals surface area (Å²) in [6.45, 7) is 7.63. The highest BCUT2D eigenvalue weighted by Crippen LogP contribution is 2.17. The number of hydrogen-bond acceptors (Lipinski definition) is 4. The van der Waals surface area contributed by atoms with Gasteiger partial charge in [-0.15, -0.1) is 0 Å². The van der Waals surface area contributed by atoms with Crippen LogP contribution in [0.2, 0.25) is 0 Å². The largest absolute Gasteiger partial charge is 0.444 e. The Morgan fingerprint density at radius 3 is 2.30 bits per heavy atom. The normalized spacial score (nSPS) is 10.8. The summed E-state index contributed by atoms with van der Waals surface area (Å²) < 4.78 is 5.12. The van der Waals surface area contributed by atoms with Crippen LogP contribution in [0.4, 0.5) is 10.5 Å². The van der Waals surface area contributed by atoms with Crippen LogP contribution in [0.5, 0.6) is 0 Å². The Morgan fingerprint density at radius 2 is 1.60 bits per heavy atom. The van der Waals surface area contributed by atoms with Crippen molar-refractivity contribution in [3.63, 3.8) is 0 Å². The van der Waals surface area contributed by atoms with Gasteiger partial charge in [-0.1, -0.05) is 36.4 Å². The number of ether oxygens (including phenoxy) is 1. The zero-order valence-electron chi connectivity index (χ0n) is 17.9. The summed E-state index contributed by atoms with van der Waals surface area (Å²) in [6.07, 6.45) is -0.434. The van der Waals surface area contributed by atoms with Crippen LogP contribution < -0.4 is 16.0 Å². The molecular formula is C23H29N3O4. The number of nitrogens with one attached hydrogen (secondary N) is 3. The fourth-order valence-corrected chi connectivity index (χ4v) is 2.69. The number of amides is 3. The Hall–Kier alpha value is -3.35. The van der Waals surface area contributed by atoms with Gasteiger partial charge in [0.2, 0.25) is 5.91 Å². The van der Waals surface area contributed by atoms with E-state index in [0.29, 0.717) is 11.3 Å². The molecule has 2 aromatic carbocycles. The lowest BCUT2D eigenvalue weighted by molar-refractivity contribution is -0.121. The minimum absolute atomic E-state index is 0.122. The van der Waals surface area contributed by atoms with Gasteiger partial charge >= 0.3 is 6.09 Å². The number of benzene rings is 2. The fraction of sp³-hybridized carbons (Fsp3) is 0.348. The van der Waals surface area contributed by atoms with E-state index in [2.05, 4.69) is 16.0 Å². The molecule has 0 bridgehead atoms. The van der Waals surface area contributed by atoms with Crippen molar-refractivity contribution < 1.29 is 19.1 Å². The molecule has 0 aromatic heterocycles. The van der Waals surface area contributed by atoms with E-state index in [1.165, 1.54) is 0 Å². The Kier molecular flexibility index (Phi) is 7.98. The van der Waals surface area contributed by atoms with Gasteiger partial charge < -0.3 is 20.7 Å². The average Bonchev–Trinajstić information content (AvgIpc) is 2.66. The van der Waals surface area contributed by atoms with Gasteiger partial charge in [0.05, 0.1) is 0 Å². The first kappa shape index (κ1) is 22.9. The van der Waals surface area contributed by atoms with Crippen LogP contribution in [-0.2, 0) is 16.1 Å². The van der Waals surface area contributed by atoms with Gasteiger partial charge in [-0.3, -0.25) is 9.59 Å². The highest BCUT2D eigenvalue weighted by atomic mass is 16.6. The van der Waals surface area contributed by atoms with Gasteiger partial charge in [0, 0.05) is 30.8 Å². The highest BCUT2D eigenvalue weighted by Gasteiger charge is 2.16. The molecule has 0 saturated heterocycles. The van der Waals surface area contributed by atoms with Crippen LogP contribution in [0.3, 0.4) is 0 Å². The number of aryl methyl sites for hydroxylation is 1. The van der Waals surface area contributed by atoms with Crippen LogP contribution in [-0.4, -0.2) is 30.1 Å². The second-order valence-corrected chi connectivity index (χ2v) is 7.88. The predicted molar refractivity (Wildman–Crippen MR) is 116 cm³/mol. The Bertz CT molecular complexity index is 903. The standard InChI is InChI=1S/C23H29N3O4/c1-16-9-5-7-11-18(16)21(28)26-19-12-8-6-10-17(19)15-25-20(27)13-14-24-22(29)30-23(2,3)4/h5-12H,13-15H2,1-4H3,(H,24,29)(H,25,27)(H,26,28). The summed E-state index contributed by atoms with van der Waals surface area (Å²) in [4.78, 5) is 36.3. The fourth-order valence-electron chi connectivity index (χ4n) is 2.69. The molecule has 0 saturated carbocycles. The van der Waals surface area contributed by atoms with E-state index in [0.717, 1.165) is 11.1 Å². The maximum Gasteiger partial charge on any atom is 0.407 e. The summed E-state index contributed by atoms with van der Waals surface area (Å²) >= 11 is 0. The number of carbonyl (C=O) groups excluding carboxylic acids is 3. The Morgan fingerprint density at radius 1 is 0.933 bits per heavy atom. The number of hydrogen-bond donors (Lipinski definition) is 3. The second kappa shape index (κ2) is 10.4. The molecular weight excluding hydrogens is 382 g/mol. The average molecular weight is 412 g/mol. The molecule has 0 aliphatic rings. The van der Waals surface area contributed by atoms with Crippen molar-refractivity contribution in [3.8, 4) is 0 Å². The minimum Gasteiger partial charge on any atom is -0.444 e. The summed E-state index contributed by atoms with van der Waals surface area (Å²) in [5, 5.41) is 8.26. The summed E-state index contributed by atoms with van der Waals surface area (Å²) in [6, 6.07) is 14.7. The van der Waals surface area contributed by atoms with Crippen molar-refractivity contribution >= 4 is 23.6 Å². The van der Waals surface area contributed by atoms with Gasteiger partial charge in [0.1, 0.15) is 5.60 Å². The molecule has 7 nitrogen and oxygen atoms in total. The van der Waals surface area contributed by atoms with Crippen LogP contribution in [0.25, 0.3) is 0 Å². The highest BCUT2D eigenvalue weighted by molar-refractivity contribution is 6.05. The van der Waals surface area contributed by atoms with Crippen molar-refractivity contribution in [2.75, 3.05) is 11.9 Å². The van der Waals surface area contributed by atoms with Crippen LogP contribution in [0.1, 0.15) is 48.7 Å². The minimum atomic E-state index is -0.585. The summed E-state index contributed by atoms with van der Waals surface area (Å²) in [5.41, 5.74) is 2.33. The van der Waals surface area contributed by atoms with Gasteiger partial charge in [0.25, 0.3) is 5.91 Å². The van der Waals surface area contributed by atoms with Gasteiger partial charge in [-0.05, 0) is 51.0 Å². The lowest BCUT2D eigenvalue weighted by atomic mass is 10.1. The SMILES string of the molecule is Cc1ccccc1C(=O)Nc1ccccc1CNC(=O)CCNC(=O)OC(C)(C)C. The molecule has 3 N–H and O–H groups in total. The molecule has 2 rings (SSSR count). The molecule has 3 amide bonds. The Balaban J connectivity index is 1.86. The van der Waals surface area contributed by atoms with Crippen LogP contribution in [0.15, 0.2) is 48.5 Å². The van der Waals surface area contributed by atoms with E-state index in [9.17, 15) is 14.4 Å². The van der Waals surface area contributed by atoms with E-state index in [-0.39, 0.29) is 31.3 Å².